The fourth-order valence-corrected chi connectivity index (χ4v) is 2.44. The predicted octanol–water partition coefficient (Wildman–Crippen LogP) is 2.18. The molecular formula is C15H24N2O2. The van der Waals surface area contributed by atoms with E-state index in [2.05, 4.69) is 35.9 Å². The number of anilines is 1. The summed E-state index contributed by atoms with van der Waals surface area (Å²) in [6, 6.07) is 4.20. The highest BCUT2D eigenvalue weighted by Crippen LogP contribution is 2.22. The molecule has 2 atom stereocenters. The van der Waals surface area contributed by atoms with E-state index in [9.17, 15) is 5.11 Å². The van der Waals surface area contributed by atoms with E-state index in [0.29, 0.717) is 12.5 Å². The molecule has 2 heterocycles. The number of ether oxygens (including phenoxy) is 1. The quantitative estimate of drug-likeness (QED) is 0.905. The van der Waals surface area contributed by atoms with Crippen molar-refractivity contribution in [1.82, 2.24) is 4.98 Å². The molecule has 1 aliphatic heterocycles. The number of hydrogen-bond acceptors (Lipinski definition) is 4. The van der Waals surface area contributed by atoms with Crippen molar-refractivity contribution < 1.29 is 9.84 Å². The minimum absolute atomic E-state index is 0.0940. The third-order valence-electron chi connectivity index (χ3n) is 3.63. The molecule has 1 N–H and O–H groups in total. The number of aliphatic hydroxyl groups excluding tert-OH is 1. The van der Waals surface area contributed by atoms with Gasteiger partial charge < -0.3 is 14.7 Å². The molecule has 1 aliphatic rings. The van der Waals surface area contributed by atoms with Gasteiger partial charge in [0.1, 0.15) is 6.10 Å². The standard InChI is InChI=1S/C15H24N2O2/c1-4-19-15-10-17(8-7-14(15)18)12-5-6-13(11(2)3)16-9-12/h5-6,9,11,14-15,18H,4,7-8,10H2,1-3H3/t14-,15-/m1/s1. The highest BCUT2D eigenvalue weighted by molar-refractivity contribution is 5.45. The van der Waals surface area contributed by atoms with Gasteiger partial charge in [0.2, 0.25) is 0 Å². The van der Waals surface area contributed by atoms with Gasteiger partial charge in [-0.05, 0) is 31.4 Å². The summed E-state index contributed by atoms with van der Waals surface area (Å²) < 4.78 is 5.60. The molecule has 4 heteroatoms. The second-order valence-corrected chi connectivity index (χ2v) is 5.39. The zero-order valence-corrected chi connectivity index (χ0v) is 12.0. The van der Waals surface area contributed by atoms with Crippen LogP contribution in [0.3, 0.4) is 0 Å². The van der Waals surface area contributed by atoms with Gasteiger partial charge in [-0.1, -0.05) is 13.8 Å². The van der Waals surface area contributed by atoms with E-state index < -0.39 is 0 Å². The number of nitrogens with zero attached hydrogens (tertiary/aromatic N) is 2. The molecule has 0 aromatic carbocycles. The summed E-state index contributed by atoms with van der Waals surface area (Å²) in [5.74, 6) is 0.452. The Morgan fingerprint density at radius 3 is 2.84 bits per heavy atom. The van der Waals surface area contributed by atoms with Gasteiger partial charge in [-0.3, -0.25) is 4.98 Å². The average molecular weight is 264 g/mol. The summed E-state index contributed by atoms with van der Waals surface area (Å²) in [6.45, 7) is 8.48. The van der Waals surface area contributed by atoms with Gasteiger partial charge in [-0.25, -0.2) is 0 Å². The Balaban J connectivity index is 2.05. The molecule has 0 saturated carbocycles. The summed E-state index contributed by atoms with van der Waals surface area (Å²) in [5, 5.41) is 9.91. The first-order chi connectivity index (χ1) is 9.11. The Kier molecular flexibility index (Phi) is 4.77. The molecule has 1 aromatic heterocycles. The molecule has 1 fully saturated rings. The Bertz CT molecular complexity index is 392. The van der Waals surface area contributed by atoms with Crippen molar-refractivity contribution in [3.8, 4) is 0 Å². The SMILES string of the molecule is CCO[C@@H]1CN(c2ccc(C(C)C)nc2)CC[C@H]1O. The molecule has 0 aliphatic carbocycles. The van der Waals surface area contributed by atoms with Crippen molar-refractivity contribution in [3.05, 3.63) is 24.0 Å². The van der Waals surface area contributed by atoms with E-state index in [0.717, 1.165) is 30.9 Å². The second-order valence-electron chi connectivity index (χ2n) is 5.39. The molecule has 19 heavy (non-hydrogen) atoms. The van der Waals surface area contributed by atoms with Gasteiger partial charge in [-0.15, -0.1) is 0 Å². The van der Waals surface area contributed by atoms with Crippen LogP contribution < -0.4 is 4.90 Å². The zero-order valence-electron chi connectivity index (χ0n) is 12.0. The lowest BCUT2D eigenvalue weighted by Gasteiger charge is -2.37. The average Bonchev–Trinajstić information content (AvgIpc) is 2.41. The van der Waals surface area contributed by atoms with Gasteiger partial charge in [0, 0.05) is 25.4 Å². The van der Waals surface area contributed by atoms with Crippen molar-refractivity contribution in [2.45, 2.75) is 45.3 Å². The van der Waals surface area contributed by atoms with Gasteiger partial charge in [-0.2, -0.15) is 0 Å². The fourth-order valence-electron chi connectivity index (χ4n) is 2.44. The molecular weight excluding hydrogens is 240 g/mol. The van der Waals surface area contributed by atoms with E-state index >= 15 is 0 Å². The van der Waals surface area contributed by atoms with E-state index in [1.165, 1.54) is 0 Å². The molecule has 0 unspecified atom stereocenters. The maximum absolute atomic E-state index is 9.91. The van der Waals surface area contributed by atoms with E-state index in [-0.39, 0.29) is 12.2 Å². The van der Waals surface area contributed by atoms with E-state index in [1.54, 1.807) is 0 Å². The molecule has 1 saturated heterocycles. The van der Waals surface area contributed by atoms with Crippen molar-refractivity contribution in [2.75, 3.05) is 24.6 Å². The van der Waals surface area contributed by atoms with Gasteiger partial charge in [0.25, 0.3) is 0 Å². The van der Waals surface area contributed by atoms with Crippen molar-refractivity contribution >= 4 is 5.69 Å². The van der Waals surface area contributed by atoms with Crippen LogP contribution in [0.25, 0.3) is 0 Å². The van der Waals surface area contributed by atoms with Crippen LogP contribution in [0, 0.1) is 0 Å². The van der Waals surface area contributed by atoms with Crippen LogP contribution in [0.1, 0.15) is 38.8 Å². The predicted molar refractivity (Wildman–Crippen MR) is 76.6 cm³/mol. The summed E-state index contributed by atoms with van der Waals surface area (Å²) in [7, 11) is 0. The third-order valence-corrected chi connectivity index (χ3v) is 3.63. The summed E-state index contributed by atoms with van der Waals surface area (Å²) in [5.41, 5.74) is 2.23. The van der Waals surface area contributed by atoms with Gasteiger partial charge in [0.15, 0.2) is 0 Å². The molecule has 0 spiro atoms. The van der Waals surface area contributed by atoms with Crippen LogP contribution in [0.5, 0.6) is 0 Å². The number of hydrogen-bond donors (Lipinski definition) is 1. The van der Waals surface area contributed by atoms with Crippen LogP contribution in [-0.2, 0) is 4.74 Å². The number of aromatic nitrogens is 1. The molecule has 0 bridgehead atoms. The van der Waals surface area contributed by atoms with Crippen molar-refractivity contribution in [3.63, 3.8) is 0 Å². The lowest BCUT2D eigenvalue weighted by Crippen LogP contribution is -2.48. The van der Waals surface area contributed by atoms with Crippen molar-refractivity contribution in [1.29, 1.82) is 0 Å². The highest BCUT2D eigenvalue weighted by atomic mass is 16.5. The van der Waals surface area contributed by atoms with E-state index in [1.807, 2.05) is 13.1 Å². The van der Waals surface area contributed by atoms with Crippen LogP contribution in [-0.4, -0.2) is 42.0 Å². The van der Waals surface area contributed by atoms with E-state index in [4.69, 9.17) is 4.74 Å². The third kappa shape index (κ3) is 3.45. The largest absolute Gasteiger partial charge is 0.390 e. The Morgan fingerprint density at radius 2 is 2.26 bits per heavy atom. The van der Waals surface area contributed by atoms with Crippen LogP contribution in [0.4, 0.5) is 5.69 Å². The second kappa shape index (κ2) is 6.35. The number of rotatable bonds is 4. The number of aliphatic hydroxyl groups is 1. The molecule has 0 amide bonds. The van der Waals surface area contributed by atoms with Gasteiger partial charge in [0.05, 0.1) is 18.0 Å². The molecule has 106 valence electrons. The lowest BCUT2D eigenvalue weighted by atomic mass is 10.0. The fraction of sp³-hybridized carbons (Fsp3) is 0.667. The first-order valence-corrected chi connectivity index (χ1v) is 7.12. The van der Waals surface area contributed by atoms with Gasteiger partial charge >= 0.3 is 0 Å². The first kappa shape index (κ1) is 14.3. The van der Waals surface area contributed by atoms with Crippen molar-refractivity contribution in [2.24, 2.45) is 0 Å². The minimum Gasteiger partial charge on any atom is -0.390 e. The molecule has 2 rings (SSSR count). The van der Waals surface area contributed by atoms with Crippen LogP contribution in [0.2, 0.25) is 0 Å². The summed E-state index contributed by atoms with van der Waals surface area (Å²) in [4.78, 5) is 6.74. The van der Waals surface area contributed by atoms with Crippen LogP contribution >= 0.6 is 0 Å². The molecule has 1 aromatic rings. The Hall–Kier alpha value is -1.13. The molecule has 0 radical (unpaired) electrons. The Labute approximate surface area is 115 Å². The number of pyridine rings is 1. The first-order valence-electron chi connectivity index (χ1n) is 7.12. The zero-order chi connectivity index (χ0) is 13.8. The minimum atomic E-state index is -0.348. The van der Waals surface area contributed by atoms with Crippen LogP contribution in [0.15, 0.2) is 18.3 Å². The normalized spacial score (nSPS) is 23.9. The lowest BCUT2D eigenvalue weighted by molar-refractivity contribution is -0.0398. The number of piperidine rings is 1. The highest BCUT2D eigenvalue weighted by Gasteiger charge is 2.28. The molecule has 4 nitrogen and oxygen atoms in total. The maximum atomic E-state index is 9.91. The monoisotopic (exact) mass is 264 g/mol. The topological polar surface area (TPSA) is 45.6 Å². The summed E-state index contributed by atoms with van der Waals surface area (Å²) in [6.07, 6.45) is 2.23. The summed E-state index contributed by atoms with van der Waals surface area (Å²) >= 11 is 0. The Morgan fingerprint density at radius 1 is 1.47 bits per heavy atom. The smallest absolute Gasteiger partial charge is 0.101 e. The maximum Gasteiger partial charge on any atom is 0.101 e.